The molecule has 3 heterocycles. The van der Waals surface area contributed by atoms with E-state index in [4.69, 9.17) is 21.9 Å². The predicted molar refractivity (Wildman–Crippen MR) is 170 cm³/mol. The van der Waals surface area contributed by atoms with Crippen molar-refractivity contribution in [1.29, 1.82) is 0 Å². The molecule has 2 unspecified atom stereocenters. The van der Waals surface area contributed by atoms with Crippen molar-refractivity contribution in [2.75, 3.05) is 4.90 Å². The van der Waals surface area contributed by atoms with E-state index < -0.39 is 0 Å². The highest BCUT2D eigenvalue weighted by atomic mass is 32.1. The molecule has 0 aliphatic carbocycles. The first-order valence-corrected chi connectivity index (χ1v) is 14.5. The maximum atomic E-state index is 6.10. The van der Waals surface area contributed by atoms with E-state index in [0.29, 0.717) is 5.11 Å². The Morgan fingerprint density at radius 2 is 1.49 bits per heavy atom. The van der Waals surface area contributed by atoms with Crippen molar-refractivity contribution < 1.29 is 4.74 Å². The molecule has 1 N–H and O–H groups in total. The van der Waals surface area contributed by atoms with Gasteiger partial charge in [0.1, 0.15) is 11.5 Å². The summed E-state index contributed by atoms with van der Waals surface area (Å²) in [6, 6.07) is 33.2. The number of hydrogen-bond donors (Lipinski definition) is 1. The predicted octanol–water partition coefficient (Wildman–Crippen LogP) is 8.33. The van der Waals surface area contributed by atoms with Crippen molar-refractivity contribution in [1.82, 2.24) is 14.9 Å². The Kier molecular flexibility index (Phi) is 7.33. The van der Waals surface area contributed by atoms with Gasteiger partial charge in [-0.05, 0) is 117 Å². The minimum absolute atomic E-state index is 0.0869. The molecule has 3 aromatic carbocycles. The van der Waals surface area contributed by atoms with Crippen LogP contribution in [0.2, 0.25) is 0 Å². The van der Waals surface area contributed by atoms with Gasteiger partial charge < -0.3 is 19.5 Å². The zero-order valence-electron chi connectivity index (χ0n) is 23.8. The molecule has 41 heavy (non-hydrogen) atoms. The third kappa shape index (κ3) is 5.23. The molecular weight excluding hydrogens is 524 g/mol. The van der Waals surface area contributed by atoms with Crippen LogP contribution in [0.4, 0.5) is 5.69 Å². The SMILES string of the molecule is CCc1ccc(-n2c(C)cc(C3C(c4ccccn4)NC(=S)N3c3ccc(Oc4ccc(C)cc4)cc3)c2C)cc1. The summed E-state index contributed by atoms with van der Waals surface area (Å²) in [6.45, 7) is 8.62. The molecule has 5 aromatic rings. The molecular formula is C35H34N4OS. The van der Waals surface area contributed by atoms with Crippen molar-refractivity contribution in [2.24, 2.45) is 0 Å². The number of nitrogens with one attached hydrogen (secondary N) is 1. The number of pyridine rings is 1. The van der Waals surface area contributed by atoms with Gasteiger partial charge in [0, 0.05) is 29.0 Å². The van der Waals surface area contributed by atoms with E-state index in [1.807, 2.05) is 42.6 Å². The van der Waals surface area contributed by atoms with Gasteiger partial charge in [-0.2, -0.15) is 0 Å². The topological polar surface area (TPSA) is 42.3 Å². The van der Waals surface area contributed by atoms with Crippen molar-refractivity contribution in [2.45, 2.75) is 46.2 Å². The van der Waals surface area contributed by atoms with Crippen molar-refractivity contribution >= 4 is 23.0 Å². The molecule has 0 radical (unpaired) electrons. The van der Waals surface area contributed by atoms with E-state index in [1.54, 1.807) is 0 Å². The second-order valence-corrected chi connectivity index (χ2v) is 11.0. The van der Waals surface area contributed by atoms with Gasteiger partial charge in [-0.25, -0.2) is 0 Å². The van der Waals surface area contributed by atoms with Crippen LogP contribution in [0.15, 0.2) is 103 Å². The first-order valence-electron chi connectivity index (χ1n) is 14.1. The van der Waals surface area contributed by atoms with E-state index in [2.05, 4.69) is 103 Å². The first-order chi connectivity index (χ1) is 19.9. The average molecular weight is 559 g/mol. The Hall–Kier alpha value is -4.42. The van der Waals surface area contributed by atoms with E-state index in [0.717, 1.165) is 35.0 Å². The van der Waals surface area contributed by atoms with Crippen LogP contribution in [0.3, 0.4) is 0 Å². The molecule has 6 rings (SSSR count). The van der Waals surface area contributed by atoms with Crippen LogP contribution in [0.1, 0.15) is 52.8 Å². The zero-order chi connectivity index (χ0) is 28.5. The molecule has 0 saturated carbocycles. The number of benzene rings is 3. The largest absolute Gasteiger partial charge is 0.457 e. The lowest BCUT2D eigenvalue weighted by Crippen LogP contribution is -2.29. The van der Waals surface area contributed by atoms with Gasteiger partial charge in [-0.15, -0.1) is 0 Å². The van der Waals surface area contributed by atoms with E-state index in [1.165, 1.54) is 28.1 Å². The van der Waals surface area contributed by atoms with Crippen molar-refractivity contribution in [3.63, 3.8) is 0 Å². The number of aryl methyl sites for hydroxylation is 3. The van der Waals surface area contributed by atoms with E-state index in [-0.39, 0.29) is 12.1 Å². The van der Waals surface area contributed by atoms with Crippen LogP contribution >= 0.6 is 12.2 Å². The Bertz CT molecular complexity index is 1660. The smallest absolute Gasteiger partial charge is 0.174 e. The third-order valence-corrected chi connectivity index (χ3v) is 8.18. The summed E-state index contributed by atoms with van der Waals surface area (Å²) in [5.74, 6) is 1.59. The summed E-state index contributed by atoms with van der Waals surface area (Å²) in [6.07, 6.45) is 2.87. The van der Waals surface area contributed by atoms with Crippen LogP contribution in [0, 0.1) is 20.8 Å². The molecule has 206 valence electrons. The number of nitrogens with zero attached hydrogens (tertiary/aromatic N) is 3. The second-order valence-electron chi connectivity index (χ2n) is 10.6. The number of thiocarbonyl (C=S) groups is 1. The molecule has 2 atom stereocenters. The fourth-order valence-electron chi connectivity index (χ4n) is 5.73. The normalized spacial score (nSPS) is 16.6. The summed E-state index contributed by atoms with van der Waals surface area (Å²) in [7, 11) is 0. The van der Waals surface area contributed by atoms with Gasteiger partial charge in [0.05, 0.1) is 17.8 Å². The minimum Gasteiger partial charge on any atom is -0.457 e. The molecule has 1 aliphatic heterocycles. The second kappa shape index (κ2) is 11.2. The highest BCUT2D eigenvalue weighted by Crippen LogP contribution is 2.44. The van der Waals surface area contributed by atoms with E-state index >= 15 is 0 Å². The lowest BCUT2D eigenvalue weighted by Gasteiger charge is -2.28. The minimum atomic E-state index is -0.108. The summed E-state index contributed by atoms with van der Waals surface area (Å²) in [5, 5.41) is 4.27. The summed E-state index contributed by atoms with van der Waals surface area (Å²) >= 11 is 5.98. The Morgan fingerprint density at radius 1 is 0.829 bits per heavy atom. The molecule has 6 heteroatoms. The van der Waals surface area contributed by atoms with Gasteiger partial charge in [-0.3, -0.25) is 4.98 Å². The van der Waals surface area contributed by atoms with Crippen molar-refractivity contribution in [3.05, 3.63) is 137 Å². The Morgan fingerprint density at radius 3 is 2.12 bits per heavy atom. The van der Waals surface area contributed by atoms with Crippen LogP contribution in [0.5, 0.6) is 11.5 Å². The lowest BCUT2D eigenvalue weighted by atomic mass is 9.96. The number of ether oxygens (including phenoxy) is 1. The van der Waals surface area contributed by atoms with Crippen molar-refractivity contribution in [3.8, 4) is 17.2 Å². The molecule has 5 nitrogen and oxygen atoms in total. The fourth-order valence-corrected chi connectivity index (χ4v) is 6.08. The molecule has 1 fully saturated rings. The first kappa shape index (κ1) is 26.8. The van der Waals surface area contributed by atoms with Gasteiger partial charge in [0.2, 0.25) is 0 Å². The zero-order valence-corrected chi connectivity index (χ0v) is 24.7. The quantitative estimate of drug-likeness (QED) is 0.203. The molecule has 1 aliphatic rings. The van der Waals surface area contributed by atoms with Crippen LogP contribution in [-0.2, 0) is 6.42 Å². The highest BCUT2D eigenvalue weighted by molar-refractivity contribution is 7.80. The van der Waals surface area contributed by atoms with E-state index in [9.17, 15) is 0 Å². The molecule has 1 saturated heterocycles. The summed E-state index contributed by atoms with van der Waals surface area (Å²) in [5.41, 5.74) is 9.24. The Balaban J connectivity index is 1.39. The number of anilines is 1. The number of hydrogen-bond acceptors (Lipinski definition) is 3. The molecule has 2 aromatic heterocycles. The fraction of sp³-hybridized carbons (Fsp3) is 0.200. The number of rotatable bonds is 7. The maximum Gasteiger partial charge on any atom is 0.174 e. The van der Waals surface area contributed by atoms with Crippen LogP contribution in [0.25, 0.3) is 5.69 Å². The van der Waals surface area contributed by atoms with Gasteiger partial charge in [0.25, 0.3) is 0 Å². The molecule has 0 bridgehead atoms. The molecule has 0 amide bonds. The van der Waals surface area contributed by atoms with Gasteiger partial charge >= 0.3 is 0 Å². The third-order valence-electron chi connectivity index (χ3n) is 7.86. The van der Waals surface area contributed by atoms with Crippen LogP contribution < -0.4 is 15.0 Å². The average Bonchev–Trinajstić information content (AvgIpc) is 3.49. The maximum absolute atomic E-state index is 6.10. The monoisotopic (exact) mass is 558 g/mol. The summed E-state index contributed by atoms with van der Waals surface area (Å²) in [4.78, 5) is 6.95. The van der Waals surface area contributed by atoms with Gasteiger partial charge in [-0.1, -0.05) is 42.8 Å². The number of aromatic nitrogens is 2. The Labute approximate surface area is 247 Å². The molecule has 0 spiro atoms. The van der Waals surface area contributed by atoms with Crippen LogP contribution in [-0.4, -0.2) is 14.7 Å². The standard InChI is InChI=1S/C35H34N4OS/c1-5-26-11-13-27(14-12-26)38-24(3)22-31(25(38)4)34-33(32-8-6-7-21-36-32)37-35(41)39(34)28-15-19-30(20-16-28)40-29-17-9-23(2)10-18-29/h6-22,33-34H,5H2,1-4H3,(H,37,41). The lowest BCUT2D eigenvalue weighted by molar-refractivity contribution is 0.482. The summed E-state index contributed by atoms with van der Waals surface area (Å²) < 4.78 is 8.44. The van der Waals surface area contributed by atoms with Gasteiger partial charge in [0.15, 0.2) is 5.11 Å². The highest BCUT2D eigenvalue weighted by Gasteiger charge is 2.42.